The zero-order valence-electron chi connectivity index (χ0n) is 10.8. The van der Waals surface area contributed by atoms with E-state index in [-0.39, 0.29) is 31.0 Å². The number of aliphatic hydroxyl groups is 1. The quantitative estimate of drug-likeness (QED) is 0.841. The van der Waals surface area contributed by atoms with Crippen LogP contribution < -0.4 is 4.72 Å². The van der Waals surface area contributed by atoms with E-state index in [1.807, 2.05) is 0 Å². The van der Waals surface area contributed by atoms with Crippen LogP contribution in [0, 0.1) is 0 Å². The van der Waals surface area contributed by atoms with Crippen LogP contribution in [0.3, 0.4) is 0 Å². The first-order valence-electron chi connectivity index (χ1n) is 6.24. The topological polar surface area (TPSA) is 101 Å². The van der Waals surface area contributed by atoms with Crippen molar-refractivity contribution in [3.05, 3.63) is 29.8 Å². The van der Waals surface area contributed by atoms with E-state index in [4.69, 9.17) is 5.11 Å². The summed E-state index contributed by atoms with van der Waals surface area (Å²) in [6, 6.07) is 6.40. The van der Waals surface area contributed by atoms with E-state index in [0.717, 1.165) is 0 Å². The van der Waals surface area contributed by atoms with Crippen molar-refractivity contribution in [2.45, 2.75) is 24.7 Å². The number of anilines is 1. The molecule has 8 heteroatoms. The third-order valence-electron chi connectivity index (χ3n) is 3.34. The minimum absolute atomic E-state index is 0.0813. The molecule has 0 spiro atoms. The monoisotopic (exact) mass is 319 g/mol. The summed E-state index contributed by atoms with van der Waals surface area (Å²) in [4.78, 5) is 0. The van der Waals surface area contributed by atoms with Crippen LogP contribution in [0.4, 0.5) is 5.69 Å². The van der Waals surface area contributed by atoms with Gasteiger partial charge in [-0.25, -0.2) is 16.8 Å². The van der Waals surface area contributed by atoms with Crippen LogP contribution in [-0.2, 0) is 26.5 Å². The first kappa shape index (κ1) is 15.3. The molecule has 1 heterocycles. The Labute approximate surface area is 118 Å². The second kappa shape index (κ2) is 5.71. The van der Waals surface area contributed by atoms with E-state index in [1.54, 1.807) is 24.3 Å². The maximum Gasteiger partial charge on any atom is 0.235 e. The van der Waals surface area contributed by atoms with Gasteiger partial charge in [0, 0.05) is 5.69 Å². The van der Waals surface area contributed by atoms with Crippen molar-refractivity contribution in [2.24, 2.45) is 0 Å². The molecule has 2 rings (SSSR count). The Morgan fingerprint density at radius 1 is 1.15 bits per heavy atom. The van der Waals surface area contributed by atoms with E-state index in [2.05, 4.69) is 4.72 Å². The summed E-state index contributed by atoms with van der Waals surface area (Å²) >= 11 is 0. The molecular formula is C12H17NO5S2. The van der Waals surface area contributed by atoms with Crippen LogP contribution in [0.2, 0.25) is 0 Å². The Morgan fingerprint density at radius 3 is 2.20 bits per heavy atom. The van der Waals surface area contributed by atoms with Gasteiger partial charge in [-0.05, 0) is 30.5 Å². The van der Waals surface area contributed by atoms with Gasteiger partial charge in [-0.15, -0.1) is 0 Å². The fourth-order valence-corrected chi connectivity index (χ4v) is 5.38. The lowest BCUT2D eigenvalue weighted by molar-refractivity contribution is 0.282. The molecule has 20 heavy (non-hydrogen) atoms. The first-order valence-corrected chi connectivity index (χ1v) is 9.61. The standard InChI is InChI=1S/C12H17NO5S2/c14-9-10-1-3-11(4-2-10)13-20(17,18)12-5-7-19(15,16)8-6-12/h1-4,12-14H,5-9H2. The SMILES string of the molecule is O=S1(=O)CCC(S(=O)(=O)Nc2ccc(CO)cc2)CC1. The number of hydrogen-bond donors (Lipinski definition) is 2. The highest BCUT2D eigenvalue weighted by Gasteiger charge is 2.32. The second-order valence-electron chi connectivity index (χ2n) is 4.85. The van der Waals surface area contributed by atoms with Gasteiger partial charge in [0.05, 0.1) is 23.4 Å². The molecule has 0 aliphatic carbocycles. The van der Waals surface area contributed by atoms with Gasteiger partial charge in [0.25, 0.3) is 0 Å². The summed E-state index contributed by atoms with van der Waals surface area (Å²) in [5, 5.41) is 8.24. The average Bonchev–Trinajstić information content (AvgIpc) is 2.38. The number of aliphatic hydroxyl groups excluding tert-OH is 1. The summed E-state index contributed by atoms with van der Waals surface area (Å²) in [6.07, 6.45) is 0.263. The molecule has 0 radical (unpaired) electrons. The molecule has 0 saturated carbocycles. The van der Waals surface area contributed by atoms with Crippen molar-refractivity contribution in [1.82, 2.24) is 0 Å². The molecule has 1 aliphatic rings. The largest absolute Gasteiger partial charge is 0.392 e. The minimum Gasteiger partial charge on any atom is -0.392 e. The molecule has 112 valence electrons. The maximum atomic E-state index is 12.2. The third kappa shape index (κ3) is 3.71. The molecule has 0 amide bonds. The summed E-state index contributed by atoms with van der Waals surface area (Å²) in [5.74, 6) is -0.163. The van der Waals surface area contributed by atoms with Gasteiger partial charge in [-0.3, -0.25) is 4.72 Å². The zero-order valence-corrected chi connectivity index (χ0v) is 12.5. The van der Waals surface area contributed by atoms with Crippen LogP contribution in [0.15, 0.2) is 24.3 Å². The summed E-state index contributed by atoms with van der Waals surface area (Å²) < 4.78 is 49.4. The Kier molecular flexibility index (Phi) is 4.36. The Hall–Kier alpha value is -1.12. The van der Waals surface area contributed by atoms with Crippen molar-refractivity contribution in [3.8, 4) is 0 Å². The number of sulfone groups is 1. The normalized spacial score (nSPS) is 19.6. The lowest BCUT2D eigenvalue weighted by Gasteiger charge is -2.22. The van der Waals surface area contributed by atoms with Gasteiger partial charge in [0.2, 0.25) is 10.0 Å². The molecule has 0 aromatic heterocycles. The molecule has 2 N–H and O–H groups in total. The maximum absolute atomic E-state index is 12.2. The van der Waals surface area contributed by atoms with Crippen LogP contribution >= 0.6 is 0 Å². The molecule has 1 saturated heterocycles. The van der Waals surface area contributed by atoms with E-state index >= 15 is 0 Å². The summed E-state index contributed by atoms with van der Waals surface area (Å²) in [6.45, 7) is -0.104. The number of rotatable bonds is 4. The predicted octanol–water partition coefficient (Wildman–Crippen LogP) is 0.498. The van der Waals surface area contributed by atoms with Crippen LogP contribution in [0.1, 0.15) is 18.4 Å². The van der Waals surface area contributed by atoms with E-state index in [1.165, 1.54) is 0 Å². The average molecular weight is 319 g/mol. The van der Waals surface area contributed by atoms with E-state index in [9.17, 15) is 16.8 Å². The number of sulfonamides is 1. The van der Waals surface area contributed by atoms with Crippen molar-refractivity contribution in [1.29, 1.82) is 0 Å². The number of nitrogens with one attached hydrogen (secondary N) is 1. The van der Waals surface area contributed by atoms with Gasteiger partial charge in [0.1, 0.15) is 9.84 Å². The zero-order chi connectivity index (χ0) is 14.8. The smallest absolute Gasteiger partial charge is 0.235 e. The number of hydrogen-bond acceptors (Lipinski definition) is 5. The molecule has 0 atom stereocenters. The molecule has 0 bridgehead atoms. The summed E-state index contributed by atoms with van der Waals surface area (Å²) in [7, 11) is -6.66. The van der Waals surface area contributed by atoms with Crippen molar-refractivity contribution < 1.29 is 21.9 Å². The summed E-state index contributed by atoms with van der Waals surface area (Å²) in [5.41, 5.74) is 1.10. The second-order valence-corrected chi connectivity index (χ2v) is 9.12. The van der Waals surface area contributed by atoms with Crippen LogP contribution in [0.25, 0.3) is 0 Å². The van der Waals surface area contributed by atoms with Crippen LogP contribution in [0.5, 0.6) is 0 Å². The molecule has 1 aromatic rings. The minimum atomic E-state index is -3.58. The van der Waals surface area contributed by atoms with Crippen LogP contribution in [-0.4, -0.2) is 38.7 Å². The molecular weight excluding hydrogens is 302 g/mol. The lowest BCUT2D eigenvalue weighted by atomic mass is 10.2. The Balaban J connectivity index is 2.07. The lowest BCUT2D eigenvalue weighted by Crippen LogP contribution is -2.36. The predicted molar refractivity (Wildman–Crippen MR) is 76.6 cm³/mol. The highest BCUT2D eigenvalue weighted by molar-refractivity contribution is 7.94. The van der Waals surface area contributed by atoms with E-state index < -0.39 is 25.1 Å². The highest BCUT2D eigenvalue weighted by Crippen LogP contribution is 2.22. The fourth-order valence-electron chi connectivity index (χ4n) is 2.10. The van der Waals surface area contributed by atoms with Crippen molar-refractivity contribution >= 4 is 25.5 Å². The molecule has 1 aliphatic heterocycles. The van der Waals surface area contributed by atoms with Gasteiger partial charge in [0.15, 0.2) is 0 Å². The van der Waals surface area contributed by atoms with Crippen molar-refractivity contribution in [2.75, 3.05) is 16.2 Å². The van der Waals surface area contributed by atoms with Gasteiger partial charge < -0.3 is 5.11 Å². The third-order valence-corrected chi connectivity index (χ3v) is 6.92. The molecule has 1 fully saturated rings. The molecule has 1 aromatic carbocycles. The van der Waals surface area contributed by atoms with Gasteiger partial charge >= 0.3 is 0 Å². The first-order chi connectivity index (χ1) is 9.32. The highest BCUT2D eigenvalue weighted by atomic mass is 32.2. The molecule has 0 unspecified atom stereocenters. The van der Waals surface area contributed by atoms with Gasteiger partial charge in [-0.1, -0.05) is 12.1 Å². The Bertz CT molecular complexity index is 650. The van der Waals surface area contributed by atoms with E-state index in [0.29, 0.717) is 11.3 Å². The fraction of sp³-hybridized carbons (Fsp3) is 0.500. The number of benzene rings is 1. The Morgan fingerprint density at radius 2 is 1.70 bits per heavy atom. The van der Waals surface area contributed by atoms with Gasteiger partial charge in [-0.2, -0.15) is 0 Å². The van der Waals surface area contributed by atoms with Crippen molar-refractivity contribution in [3.63, 3.8) is 0 Å². The molecule has 6 nitrogen and oxygen atoms in total.